The van der Waals surface area contributed by atoms with Crippen molar-refractivity contribution in [2.45, 2.75) is 5.41 Å². The van der Waals surface area contributed by atoms with Crippen molar-refractivity contribution in [2.75, 3.05) is 9.71 Å². The molecule has 11 aromatic rings. The average Bonchev–Trinajstić information content (AvgIpc) is 3.90. The van der Waals surface area contributed by atoms with Crippen molar-refractivity contribution in [3.8, 4) is 44.5 Å². The Morgan fingerprint density at radius 1 is 0.385 bits per heavy atom. The van der Waals surface area contributed by atoms with Crippen molar-refractivity contribution < 1.29 is 0 Å². The van der Waals surface area contributed by atoms with Crippen LogP contribution in [0.25, 0.3) is 64.7 Å². The number of thiophene rings is 1. The Morgan fingerprint density at radius 3 is 1.74 bits per heavy atom. The van der Waals surface area contributed by atoms with Gasteiger partial charge in [-0.25, -0.2) is 0 Å². The number of hydrogen-bond acceptors (Lipinski definition) is 3. The summed E-state index contributed by atoms with van der Waals surface area (Å²) in [6.45, 7) is -0.135. The maximum absolute atomic E-state index is 2.70. The molecule has 0 radical (unpaired) electrons. The number of anilines is 5. The molecule has 0 saturated carbocycles. The zero-order valence-electron chi connectivity index (χ0n) is 35.2. The minimum absolute atomic E-state index is 0.135. The lowest BCUT2D eigenvalue weighted by Crippen LogP contribution is -2.62. The third-order valence-electron chi connectivity index (χ3n) is 14.8. The van der Waals surface area contributed by atoms with Crippen molar-refractivity contribution in [2.24, 2.45) is 0 Å². The molecule has 65 heavy (non-hydrogen) atoms. The minimum Gasteiger partial charge on any atom is -0.376 e. The maximum Gasteiger partial charge on any atom is 0.333 e. The largest absolute Gasteiger partial charge is 0.376 e. The first kappa shape index (κ1) is 35.5. The van der Waals surface area contributed by atoms with Crippen molar-refractivity contribution in [3.63, 3.8) is 0 Å². The van der Waals surface area contributed by atoms with Gasteiger partial charge in [0.1, 0.15) is 0 Å². The fraction of sp³-hybridized carbons (Fsp3) is 0.0164. The molecule has 0 N–H and O–H groups in total. The number of para-hydroxylation sites is 2. The predicted octanol–water partition coefficient (Wildman–Crippen LogP) is 14.8. The molecule has 1 aliphatic carbocycles. The third-order valence-corrected chi connectivity index (χ3v) is 16.0. The predicted molar refractivity (Wildman–Crippen MR) is 275 cm³/mol. The molecule has 1 spiro atoms. The minimum atomic E-state index is -0.522. The SMILES string of the molecule is c1ccc(-c2ccc(N3B4c5cccc6c5N(c5ccccc5C65c6ccccc6-c6ccccc65)c5c4c(cc4sc6ccccc6c54)-c4ccc(-c5ccccc5)cc43)cc2)cc1. The molecule has 0 fully saturated rings. The molecule has 4 heterocycles. The first-order valence-electron chi connectivity index (χ1n) is 22.6. The number of fused-ring (bicyclic) bond motifs is 17. The van der Waals surface area contributed by atoms with Gasteiger partial charge in [-0.3, -0.25) is 0 Å². The highest BCUT2D eigenvalue weighted by molar-refractivity contribution is 7.26. The van der Waals surface area contributed by atoms with Gasteiger partial charge in [0.15, 0.2) is 0 Å². The number of rotatable bonds is 3. The van der Waals surface area contributed by atoms with E-state index in [4.69, 9.17) is 0 Å². The van der Waals surface area contributed by atoms with Crippen LogP contribution < -0.4 is 20.6 Å². The number of benzene rings is 10. The Balaban J connectivity index is 1.11. The summed E-state index contributed by atoms with van der Waals surface area (Å²) in [5.41, 5.74) is 23.8. The van der Waals surface area contributed by atoms with Crippen molar-refractivity contribution in [3.05, 3.63) is 247 Å². The first-order chi connectivity index (χ1) is 32.3. The van der Waals surface area contributed by atoms with Crippen LogP contribution in [0.3, 0.4) is 0 Å². The zero-order valence-corrected chi connectivity index (χ0v) is 36.1. The Morgan fingerprint density at radius 2 is 0.985 bits per heavy atom. The van der Waals surface area contributed by atoms with Gasteiger partial charge in [0.05, 0.1) is 16.8 Å². The van der Waals surface area contributed by atoms with Crippen LogP contribution in [0.2, 0.25) is 0 Å². The summed E-state index contributed by atoms with van der Waals surface area (Å²) >= 11 is 1.92. The van der Waals surface area contributed by atoms with Crippen LogP contribution in [-0.2, 0) is 5.41 Å². The van der Waals surface area contributed by atoms with Gasteiger partial charge >= 0.3 is 6.85 Å². The van der Waals surface area contributed by atoms with Gasteiger partial charge in [-0.1, -0.05) is 188 Å². The summed E-state index contributed by atoms with van der Waals surface area (Å²) in [5, 5.41) is 2.64. The number of hydrogen-bond donors (Lipinski definition) is 0. The summed E-state index contributed by atoms with van der Waals surface area (Å²) in [5.74, 6) is 0. The quantitative estimate of drug-likeness (QED) is 0.164. The molecule has 300 valence electrons. The maximum atomic E-state index is 2.70. The van der Waals surface area contributed by atoms with Crippen LogP contribution in [-0.4, -0.2) is 6.85 Å². The molecular formula is C61H37BN2S. The summed E-state index contributed by atoms with van der Waals surface area (Å²) in [6, 6.07) is 84.6. The van der Waals surface area contributed by atoms with E-state index in [0.29, 0.717) is 0 Å². The lowest BCUT2D eigenvalue weighted by molar-refractivity contribution is 0.754. The third kappa shape index (κ3) is 4.59. The van der Waals surface area contributed by atoms with Gasteiger partial charge in [0.2, 0.25) is 0 Å². The highest BCUT2D eigenvalue weighted by atomic mass is 32.1. The van der Waals surface area contributed by atoms with Gasteiger partial charge in [-0.15, -0.1) is 11.3 Å². The zero-order chi connectivity index (χ0) is 42.4. The molecule has 0 unspecified atom stereocenters. The molecule has 1 aromatic heterocycles. The number of nitrogens with zero attached hydrogens (tertiary/aromatic N) is 2. The van der Waals surface area contributed by atoms with E-state index in [1.54, 1.807) is 0 Å². The van der Waals surface area contributed by atoms with E-state index < -0.39 is 5.41 Å². The molecule has 4 heteroatoms. The van der Waals surface area contributed by atoms with Crippen LogP contribution in [0.15, 0.2) is 224 Å². The van der Waals surface area contributed by atoms with Gasteiger partial charge in [-0.2, -0.15) is 0 Å². The molecule has 0 amide bonds. The normalized spacial score (nSPS) is 14.2. The molecule has 15 rings (SSSR count). The van der Waals surface area contributed by atoms with Crippen LogP contribution in [0.5, 0.6) is 0 Å². The molecule has 10 aromatic carbocycles. The highest BCUT2D eigenvalue weighted by Crippen LogP contribution is 2.65. The molecule has 4 aliphatic rings. The van der Waals surface area contributed by atoms with Crippen molar-refractivity contribution >= 4 is 77.7 Å². The molecule has 0 saturated heterocycles. The Hall–Kier alpha value is -7.92. The molecule has 0 atom stereocenters. The second kappa shape index (κ2) is 13.1. The van der Waals surface area contributed by atoms with Crippen LogP contribution in [0.1, 0.15) is 22.3 Å². The highest BCUT2D eigenvalue weighted by Gasteiger charge is 2.56. The lowest BCUT2D eigenvalue weighted by Gasteiger charge is -2.51. The van der Waals surface area contributed by atoms with Crippen LogP contribution in [0.4, 0.5) is 28.4 Å². The summed E-state index contributed by atoms with van der Waals surface area (Å²) in [6.07, 6.45) is 0. The summed E-state index contributed by atoms with van der Waals surface area (Å²) in [4.78, 5) is 5.38. The van der Waals surface area contributed by atoms with E-state index in [2.05, 4.69) is 234 Å². The van der Waals surface area contributed by atoms with Gasteiger partial charge < -0.3 is 9.71 Å². The average molecular weight is 841 g/mol. The van der Waals surface area contributed by atoms with E-state index in [9.17, 15) is 0 Å². The molecule has 2 nitrogen and oxygen atoms in total. The van der Waals surface area contributed by atoms with Crippen molar-refractivity contribution in [1.82, 2.24) is 0 Å². The van der Waals surface area contributed by atoms with E-state index in [1.807, 2.05) is 11.3 Å². The Kier molecular flexibility index (Phi) is 7.15. The van der Waals surface area contributed by atoms with Gasteiger partial charge in [0.25, 0.3) is 0 Å². The monoisotopic (exact) mass is 840 g/mol. The molecular weight excluding hydrogens is 804 g/mol. The standard InChI is InChI=1S/C61H37BN2S/c1-3-16-38(17-4-1)40-30-33-42(34-31-40)64-54-36-41(39-18-5-2-6-19-39)32-35-45(54)47-37-56-57(46-22-9-14-29-55(46)65-56)60-58(47)62(64)52-27-15-26-51-59(52)63(60)53-28-13-12-25-50(53)61(51)48-23-10-7-20-43(48)44-21-8-11-24-49(44)61/h1-37H. The summed E-state index contributed by atoms with van der Waals surface area (Å²) in [7, 11) is 0. The Labute approximate surface area is 382 Å². The van der Waals surface area contributed by atoms with E-state index in [0.717, 1.165) is 0 Å². The van der Waals surface area contributed by atoms with E-state index in [1.165, 1.54) is 126 Å². The first-order valence-corrected chi connectivity index (χ1v) is 23.4. The fourth-order valence-corrected chi connectivity index (χ4v) is 13.5. The smallest absolute Gasteiger partial charge is 0.333 e. The van der Waals surface area contributed by atoms with E-state index in [-0.39, 0.29) is 6.85 Å². The second-order valence-electron chi connectivity index (χ2n) is 17.9. The summed E-state index contributed by atoms with van der Waals surface area (Å²) < 4.78 is 2.62. The fourth-order valence-electron chi connectivity index (χ4n) is 12.3. The Bertz CT molecular complexity index is 3750. The van der Waals surface area contributed by atoms with Crippen molar-refractivity contribution in [1.29, 1.82) is 0 Å². The van der Waals surface area contributed by atoms with Gasteiger partial charge in [0, 0.05) is 42.8 Å². The van der Waals surface area contributed by atoms with Crippen LogP contribution >= 0.6 is 11.3 Å². The molecule has 0 bridgehead atoms. The second-order valence-corrected chi connectivity index (χ2v) is 19.0. The van der Waals surface area contributed by atoms with Gasteiger partial charge in [-0.05, 0) is 109 Å². The molecule has 3 aliphatic heterocycles. The lowest BCUT2D eigenvalue weighted by atomic mass is 9.42. The van der Waals surface area contributed by atoms with Crippen LogP contribution in [0, 0.1) is 0 Å². The van der Waals surface area contributed by atoms with E-state index >= 15 is 0 Å². The topological polar surface area (TPSA) is 6.48 Å².